The topological polar surface area (TPSA) is 57.6 Å². The van der Waals surface area contributed by atoms with Gasteiger partial charge in [0.25, 0.3) is 0 Å². The second-order valence-electron chi connectivity index (χ2n) is 8.65. The number of carboxylic acid groups (broad SMARTS) is 1. The summed E-state index contributed by atoms with van der Waals surface area (Å²) >= 11 is 0. The van der Waals surface area contributed by atoms with Gasteiger partial charge in [-0.2, -0.15) is 0 Å². The van der Waals surface area contributed by atoms with Crippen LogP contribution < -0.4 is 4.90 Å². The molecule has 1 N–H and O–H groups in total. The smallest absolute Gasteiger partial charge is 0.307 e. The summed E-state index contributed by atoms with van der Waals surface area (Å²) in [4.78, 5) is 27.2. The zero-order valence-electron chi connectivity index (χ0n) is 15.6. The Balaban J connectivity index is 1.66. The van der Waals surface area contributed by atoms with Gasteiger partial charge in [0.2, 0.25) is 5.91 Å². The van der Waals surface area contributed by atoms with E-state index in [1.54, 1.807) is 0 Å². The molecule has 0 bridgehead atoms. The Morgan fingerprint density at radius 2 is 1.88 bits per heavy atom. The molecule has 1 heterocycles. The van der Waals surface area contributed by atoms with E-state index in [1.165, 1.54) is 16.7 Å². The van der Waals surface area contributed by atoms with Gasteiger partial charge < -0.3 is 10.0 Å². The maximum absolute atomic E-state index is 13.4. The largest absolute Gasteiger partial charge is 0.481 e. The normalized spacial score (nSPS) is 27.1. The number of fused-ring (bicyclic) bond motifs is 1. The fourth-order valence-electron chi connectivity index (χ4n) is 5.23. The van der Waals surface area contributed by atoms with E-state index >= 15 is 0 Å². The zero-order chi connectivity index (χ0) is 18.5. The summed E-state index contributed by atoms with van der Waals surface area (Å²) in [7, 11) is 0. The van der Waals surface area contributed by atoms with Crippen molar-refractivity contribution in [1.82, 2.24) is 0 Å². The van der Waals surface area contributed by atoms with E-state index < -0.39 is 17.8 Å². The second kappa shape index (κ2) is 6.26. The number of nitrogens with zero attached hydrogens (tertiary/aromatic N) is 1. The highest BCUT2D eigenvalue weighted by Crippen LogP contribution is 2.50. The summed E-state index contributed by atoms with van der Waals surface area (Å²) < 4.78 is 0. The van der Waals surface area contributed by atoms with Gasteiger partial charge >= 0.3 is 5.97 Å². The number of rotatable bonds is 2. The van der Waals surface area contributed by atoms with Crippen molar-refractivity contribution < 1.29 is 14.7 Å². The maximum atomic E-state index is 13.4. The molecule has 1 amide bonds. The molecule has 3 aliphatic rings. The van der Waals surface area contributed by atoms with Crippen LogP contribution in [0.15, 0.2) is 35.4 Å². The Labute approximate surface area is 154 Å². The summed E-state index contributed by atoms with van der Waals surface area (Å²) in [6, 6.07) is 7.98. The van der Waals surface area contributed by atoms with Crippen molar-refractivity contribution in [3.05, 3.63) is 41.0 Å². The summed E-state index contributed by atoms with van der Waals surface area (Å²) in [5.74, 6) is -1.88. The lowest BCUT2D eigenvalue weighted by Crippen LogP contribution is -2.44. The van der Waals surface area contributed by atoms with Gasteiger partial charge in [0.1, 0.15) is 0 Å². The van der Waals surface area contributed by atoms with Crippen molar-refractivity contribution in [2.75, 3.05) is 11.4 Å². The molecule has 4 heteroatoms. The van der Waals surface area contributed by atoms with Crippen LogP contribution >= 0.6 is 0 Å². The van der Waals surface area contributed by atoms with Crippen LogP contribution in [0, 0.1) is 17.3 Å². The van der Waals surface area contributed by atoms with Crippen molar-refractivity contribution in [3.8, 4) is 0 Å². The van der Waals surface area contributed by atoms with Crippen molar-refractivity contribution >= 4 is 17.6 Å². The third-order valence-corrected chi connectivity index (χ3v) is 6.69. The number of carboxylic acids is 1. The van der Waals surface area contributed by atoms with Gasteiger partial charge in [-0.25, -0.2) is 0 Å². The van der Waals surface area contributed by atoms with E-state index in [0.29, 0.717) is 19.4 Å². The quantitative estimate of drug-likeness (QED) is 0.811. The molecule has 1 aliphatic heterocycles. The Morgan fingerprint density at radius 1 is 1.12 bits per heavy atom. The number of hydrogen-bond acceptors (Lipinski definition) is 2. The molecular weight excluding hydrogens is 326 g/mol. The highest BCUT2D eigenvalue weighted by atomic mass is 16.4. The highest BCUT2D eigenvalue weighted by molar-refractivity contribution is 5.99. The molecule has 26 heavy (non-hydrogen) atoms. The van der Waals surface area contributed by atoms with Crippen LogP contribution in [0.2, 0.25) is 0 Å². The fourth-order valence-corrected chi connectivity index (χ4v) is 5.23. The van der Waals surface area contributed by atoms with E-state index in [0.717, 1.165) is 31.4 Å². The molecule has 4 nitrogen and oxygen atoms in total. The molecule has 4 rings (SSSR count). The van der Waals surface area contributed by atoms with Gasteiger partial charge in [-0.3, -0.25) is 9.59 Å². The number of benzene rings is 1. The number of para-hydroxylation sites is 1. The molecular formula is C22H27NO3. The molecule has 138 valence electrons. The summed E-state index contributed by atoms with van der Waals surface area (Å²) in [5, 5.41) is 9.86. The standard InChI is InChI=1S/C22H27NO3/c1-22(2)10-5-7-15-12-16(17(21(25)26)13-18(15)22)20(24)23-11-9-14-6-3-4-8-19(14)23/h3-4,6,8,16-17H,5,7,9-13H2,1-2H3,(H,25,26)/t16-,17-/m1/s1. The number of carbonyl (C=O) groups is 2. The molecule has 2 aliphatic carbocycles. The van der Waals surface area contributed by atoms with E-state index in [9.17, 15) is 14.7 Å². The van der Waals surface area contributed by atoms with E-state index in [-0.39, 0.29) is 11.3 Å². The minimum atomic E-state index is -0.830. The van der Waals surface area contributed by atoms with Crippen LogP contribution in [0.3, 0.4) is 0 Å². The number of aliphatic carboxylic acids is 1. The van der Waals surface area contributed by atoms with Crippen LogP contribution in [0.5, 0.6) is 0 Å². The van der Waals surface area contributed by atoms with Crippen molar-refractivity contribution in [2.24, 2.45) is 17.3 Å². The Kier molecular flexibility index (Phi) is 4.17. The first-order valence-electron chi connectivity index (χ1n) is 9.72. The second-order valence-corrected chi connectivity index (χ2v) is 8.65. The molecule has 0 saturated carbocycles. The summed E-state index contributed by atoms with van der Waals surface area (Å²) in [6.45, 7) is 5.11. The fraction of sp³-hybridized carbons (Fsp3) is 0.545. The molecule has 1 aromatic carbocycles. The molecule has 2 atom stereocenters. The zero-order valence-corrected chi connectivity index (χ0v) is 15.6. The van der Waals surface area contributed by atoms with E-state index in [2.05, 4.69) is 19.9 Å². The number of allylic oxidation sites excluding steroid dienone is 2. The lowest BCUT2D eigenvalue weighted by atomic mass is 9.63. The lowest BCUT2D eigenvalue weighted by molar-refractivity contribution is -0.147. The van der Waals surface area contributed by atoms with E-state index in [4.69, 9.17) is 0 Å². The van der Waals surface area contributed by atoms with Crippen molar-refractivity contribution in [1.29, 1.82) is 0 Å². The maximum Gasteiger partial charge on any atom is 0.307 e. The van der Waals surface area contributed by atoms with Gasteiger partial charge in [0.05, 0.1) is 11.8 Å². The molecule has 0 spiro atoms. The Morgan fingerprint density at radius 3 is 2.65 bits per heavy atom. The Hall–Kier alpha value is -2.10. The van der Waals surface area contributed by atoms with Crippen LogP contribution in [-0.2, 0) is 16.0 Å². The first-order chi connectivity index (χ1) is 12.4. The summed E-state index contributed by atoms with van der Waals surface area (Å²) in [5.41, 5.74) is 4.87. The van der Waals surface area contributed by atoms with Crippen molar-refractivity contribution in [3.63, 3.8) is 0 Å². The number of hydrogen-bond donors (Lipinski definition) is 1. The SMILES string of the molecule is CC1(C)CCCC2=C1C[C@@H](C(=O)O)[C@H](C(=O)N1CCc3ccccc31)C2. The predicted molar refractivity (Wildman–Crippen MR) is 101 cm³/mol. The number of carbonyl (C=O) groups excluding carboxylic acids is 1. The van der Waals surface area contributed by atoms with Gasteiger partial charge in [-0.15, -0.1) is 0 Å². The molecule has 0 radical (unpaired) electrons. The lowest BCUT2D eigenvalue weighted by Gasteiger charge is -2.42. The Bertz CT molecular complexity index is 792. The first kappa shape index (κ1) is 17.3. The highest BCUT2D eigenvalue weighted by Gasteiger charge is 2.45. The number of anilines is 1. The van der Waals surface area contributed by atoms with Crippen LogP contribution in [0.4, 0.5) is 5.69 Å². The molecule has 0 fully saturated rings. The van der Waals surface area contributed by atoms with Gasteiger partial charge in [-0.1, -0.05) is 43.2 Å². The minimum Gasteiger partial charge on any atom is -0.481 e. The molecule has 0 saturated heterocycles. The van der Waals surface area contributed by atoms with Crippen LogP contribution in [-0.4, -0.2) is 23.5 Å². The minimum absolute atomic E-state index is 0.00252. The molecule has 0 unspecified atom stereocenters. The number of amides is 1. The first-order valence-corrected chi connectivity index (χ1v) is 9.72. The average Bonchev–Trinajstić information content (AvgIpc) is 3.04. The third kappa shape index (κ3) is 2.76. The van der Waals surface area contributed by atoms with Crippen LogP contribution in [0.1, 0.15) is 51.5 Å². The predicted octanol–water partition coefficient (Wildman–Crippen LogP) is 4.19. The van der Waals surface area contributed by atoms with Gasteiger partial charge in [-0.05, 0) is 55.6 Å². The molecule has 0 aromatic heterocycles. The molecule has 1 aromatic rings. The van der Waals surface area contributed by atoms with E-state index in [1.807, 2.05) is 23.1 Å². The van der Waals surface area contributed by atoms with Crippen molar-refractivity contribution in [2.45, 2.75) is 52.4 Å². The van der Waals surface area contributed by atoms with Gasteiger partial charge in [0, 0.05) is 12.2 Å². The van der Waals surface area contributed by atoms with Gasteiger partial charge in [0.15, 0.2) is 0 Å². The monoisotopic (exact) mass is 353 g/mol. The summed E-state index contributed by atoms with van der Waals surface area (Å²) in [6.07, 6.45) is 5.27. The third-order valence-electron chi connectivity index (χ3n) is 6.69. The average molecular weight is 353 g/mol. The van der Waals surface area contributed by atoms with Crippen LogP contribution in [0.25, 0.3) is 0 Å².